The molecule has 4 aliphatic rings. The second-order valence-electron chi connectivity index (χ2n) is 12.2. The topological polar surface area (TPSA) is 0 Å². The van der Waals surface area contributed by atoms with Crippen LogP contribution in [0.5, 0.6) is 0 Å². The molecule has 0 N–H and O–H groups in total. The molecule has 0 amide bonds. The van der Waals surface area contributed by atoms with Crippen LogP contribution in [0, 0.1) is 23.3 Å². The zero-order valence-electron chi connectivity index (χ0n) is 21.0. The molecule has 0 unspecified atom stereocenters. The number of hydrogen-bond donors (Lipinski definition) is 0. The summed E-state index contributed by atoms with van der Waals surface area (Å²) in [6.07, 6.45) is 5.19. The van der Waals surface area contributed by atoms with Crippen molar-refractivity contribution >= 4 is 0 Å². The average molecular weight is 513 g/mol. The molecule has 0 heterocycles. The van der Waals surface area contributed by atoms with Crippen LogP contribution in [0.15, 0.2) is 97.1 Å². The van der Waals surface area contributed by atoms with Crippen LogP contribution in [0.2, 0.25) is 0 Å². The lowest BCUT2D eigenvalue weighted by atomic mass is 9.32. The molecule has 4 bridgehead atoms. The molecule has 0 aromatic heterocycles. The molecule has 4 aliphatic carbocycles. The first-order valence-corrected chi connectivity index (χ1v) is 13.3. The molecule has 4 aromatic carbocycles. The van der Waals surface area contributed by atoms with Crippen molar-refractivity contribution in [2.75, 3.05) is 0 Å². The van der Waals surface area contributed by atoms with Crippen molar-refractivity contribution < 1.29 is 17.6 Å². The lowest BCUT2D eigenvalue weighted by molar-refractivity contribution is -0.0692. The summed E-state index contributed by atoms with van der Waals surface area (Å²) in [5.41, 5.74) is 3.29. The van der Waals surface area contributed by atoms with Crippen LogP contribution in [0.25, 0.3) is 0 Å². The Hall–Kier alpha value is -3.40. The second kappa shape index (κ2) is 8.05. The maximum Gasteiger partial charge on any atom is 0.123 e. The first kappa shape index (κ1) is 23.7. The highest BCUT2D eigenvalue weighted by molar-refractivity contribution is 5.49. The summed E-state index contributed by atoms with van der Waals surface area (Å²) in [7, 11) is 0. The predicted molar refractivity (Wildman–Crippen MR) is 140 cm³/mol. The van der Waals surface area contributed by atoms with E-state index in [4.69, 9.17) is 0 Å². The summed E-state index contributed by atoms with van der Waals surface area (Å²) in [4.78, 5) is 0. The van der Waals surface area contributed by atoms with Crippen molar-refractivity contribution in [3.63, 3.8) is 0 Å². The van der Waals surface area contributed by atoms with Crippen molar-refractivity contribution in [2.24, 2.45) is 0 Å². The fraction of sp³-hybridized carbons (Fsp3) is 0.294. The van der Waals surface area contributed by atoms with Gasteiger partial charge in [-0.1, -0.05) is 48.5 Å². The second-order valence-corrected chi connectivity index (χ2v) is 12.2. The van der Waals surface area contributed by atoms with Crippen LogP contribution in [0.1, 0.15) is 60.8 Å². The number of benzene rings is 4. The quantitative estimate of drug-likeness (QED) is 0.240. The molecule has 0 spiro atoms. The number of hydrogen-bond acceptors (Lipinski definition) is 0. The Kier molecular flexibility index (Phi) is 5.02. The first-order valence-electron chi connectivity index (χ1n) is 13.3. The molecule has 0 atom stereocenters. The minimum Gasteiger partial charge on any atom is -0.207 e. The Labute approximate surface area is 220 Å². The van der Waals surface area contributed by atoms with Gasteiger partial charge in [-0.25, -0.2) is 17.6 Å². The molecular weight excluding hydrogens is 484 g/mol. The van der Waals surface area contributed by atoms with Crippen LogP contribution in [0.4, 0.5) is 17.6 Å². The lowest BCUT2D eigenvalue weighted by Gasteiger charge is -2.71. The molecule has 0 saturated heterocycles. The van der Waals surface area contributed by atoms with E-state index in [-0.39, 0.29) is 44.9 Å². The molecule has 4 saturated carbocycles. The molecule has 192 valence electrons. The van der Waals surface area contributed by atoms with Crippen molar-refractivity contribution in [1.82, 2.24) is 0 Å². The molecule has 0 aliphatic heterocycles. The summed E-state index contributed by atoms with van der Waals surface area (Å²) >= 11 is 0. The Balaban J connectivity index is 1.51. The van der Waals surface area contributed by atoms with Crippen molar-refractivity contribution in [1.29, 1.82) is 0 Å². The van der Waals surface area contributed by atoms with E-state index in [2.05, 4.69) is 0 Å². The third kappa shape index (κ3) is 3.49. The van der Waals surface area contributed by atoms with E-state index in [0.717, 1.165) is 60.8 Å². The summed E-state index contributed by atoms with van der Waals surface area (Å²) in [6, 6.07) is 27.6. The van der Waals surface area contributed by atoms with E-state index < -0.39 is 0 Å². The van der Waals surface area contributed by atoms with Gasteiger partial charge in [0.1, 0.15) is 23.3 Å². The van der Waals surface area contributed by atoms with Crippen LogP contribution in [0.3, 0.4) is 0 Å². The van der Waals surface area contributed by atoms with Crippen LogP contribution < -0.4 is 0 Å². The third-order valence-electron chi connectivity index (χ3n) is 9.89. The van der Waals surface area contributed by atoms with E-state index in [1.165, 1.54) is 48.5 Å². The first-order chi connectivity index (χ1) is 18.2. The van der Waals surface area contributed by atoms with Gasteiger partial charge in [0, 0.05) is 0 Å². The summed E-state index contributed by atoms with van der Waals surface area (Å²) in [6.45, 7) is 0. The molecular formula is C34H28F4. The highest BCUT2D eigenvalue weighted by Crippen LogP contribution is 2.74. The molecule has 8 rings (SSSR count). The zero-order chi connectivity index (χ0) is 26.2. The largest absolute Gasteiger partial charge is 0.207 e. The molecule has 0 nitrogen and oxygen atoms in total. The van der Waals surface area contributed by atoms with Gasteiger partial charge in [0.15, 0.2) is 0 Å². The Morgan fingerprint density at radius 1 is 0.289 bits per heavy atom. The normalized spacial score (nSPS) is 31.5. The van der Waals surface area contributed by atoms with Crippen molar-refractivity contribution in [2.45, 2.75) is 60.2 Å². The highest BCUT2D eigenvalue weighted by Gasteiger charge is 2.69. The average Bonchev–Trinajstić information content (AvgIpc) is 2.89. The van der Waals surface area contributed by atoms with Crippen LogP contribution in [-0.2, 0) is 21.7 Å². The van der Waals surface area contributed by atoms with Gasteiger partial charge >= 0.3 is 0 Å². The smallest absolute Gasteiger partial charge is 0.123 e. The fourth-order valence-corrected chi connectivity index (χ4v) is 9.07. The molecule has 0 radical (unpaired) electrons. The van der Waals surface area contributed by atoms with E-state index >= 15 is 0 Å². The third-order valence-corrected chi connectivity index (χ3v) is 9.89. The van der Waals surface area contributed by atoms with Gasteiger partial charge in [0.2, 0.25) is 0 Å². The van der Waals surface area contributed by atoms with Crippen molar-refractivity contribution in [3.05, 3.63) is 143 Å². The monoisotopic (exact) mass is 512 g/mol. The number of rotatable bonds is 4. The molecule has 4 aromatic rings. The minimum absolute atomic E-state index is 0.270. The van der Waals surface area contributed by atoms with E-state index in [1.807, 2.05) is 48.5 Å². The Morgan fingerprint density at radius 3 is 0.605 bits per heavy atom. The Morgan fingerprint density at radius 2 is 0.447 bits per heavy atom. The van der Waals surface area contributed by atoms with Crippen LogP contribution >= 0.6 is 0 Å². The van der Waals surface area contributed by atoms with Gasteiger partial charge in [0.25, 0.3) is 0 Å². The van der Waals surface area contributed by atoms with E-state index in [9.17, 15) is 17.6 Å². The lowest BCUT2D eigenvalue weighted by Crippen LogP contribution is -2.67. The maximum absolute atomic E-state index is 14.1. The van der Waals surface area contributed by atoms with Gasteiger partial charge in [-0.15, -0.1) is 0 Å². The van der Waals surface area contributed by atoms with E-state index in [0.29, 0.717) is 0 Å². The molecule has 4 fully saturated rings. The summed E-state index contributed by atoms with van der Waals surface area (Å²) in [5.74, 6) is -1.08. The fourth-order valence-electron chi connectivity index (χ4n) is 9.07. The highest BCUT2D eigenvalue weighted by atomic mass is 19.1. The standard InChI is InChI=1S/C34H28F4/c35-27-9-1-23(2-10-27)31-17-32(24-3-11-28(36)12-4-24)20-33(18-31,25-5-13-29(37)14-6-25)22-34(19-31,21-32)26-7-15-30(38)16-8-26/h1-16H,17-22H2. The van der Waals surface area contributed by atoms with Gasteiger partial charge in [0.05, 0.1) is 0 Å². The van der Waals surface area contributed by atoms with Gasteiger partial charge in [-0.3, -0.25) is 0 Å². The zero-order valence-corrected chi connectivity index (χ0v) is 21.0. The van der Waals surface area contributed by atoms with Gasteiger partial charge < -0.3 is 0 Å². The molecule has 4 heteroatoms. The minimum atomic E-state index is -0.278. The van der Waals surface area contributed by atoms with Crippen LogP contribution in [-0.4, -0.2) is 0 Å². The van der Waals surface area contributed by atoms with Gasteiger partial charge in [-0.05, 0) is 131 Å². The van der Waals surface area contributed by atoms with Gasteiger partial charge in [-0.2, -0.15) is 0 Å². The Bertz CT molecular complexity index is 1220. The van der Waals surface area contributed by atoms with E-state index in [1.54, 1.807) is 0 Å². The number of halogens is 4. The predicted octanol–water partition coefficient (Wildman–Crippen LogP) is 8.68. The summed E-state index contributed by atoms with van der Waals surface area (Å²) < 4.78 is 56.3. The molecule has 38 heavy (non-hydrogen) atoms. The van der Waals surface area contributed by atoms with Crippen molar-refractivity contribution in [3.8, 4) is 0 Å². The summed E-state index contributed by atoms with van der Waals surface area (Å²) in [5, 5.41) is 0. The maximum atomic E-state index is 14.1. The SMILES string of the molecule is Fc1ccc(C23CC4(c5ccc(F)cc5)CC(c5ccc(F)cc5)(C2)CC(c2ccc(F)cc2)(C3)C4)cc1.